The Morgan fingerprint density at radius 2 is 1.96 bits per heavy atom. The zero-order valence-electron chi connectivity index (χ0n) is 15.7. The first-order chi connectivity index (χ1) is 13.0. The smallest absolute Gasteiger partial charge is 0.336 e. The van der Waals surface area contributed by atoms with Gasteiger partial charge in [0.2, 0.25) is 0 Å². The van der Waals surface area contributed by atoms with E-state index in [2.05, 4.69) is 6.92 Å². The summed E-state index contributed by atoms with van der Waals surface area (Å²) in [7, 11) is 1.55. The lowest BCUT2D eigenvalue weighted by molar-refractivity contribution is 0.0920. The van der Waals surface area contributed by atoms with Crippen LogP contribution in [0.4, 0.5) is 0 Å². The summed E-state index contributed by atoms with van der Waals surface area (Å²) in [4.78, 5) is 24.3. The van der Waals surface area contributed by atoms with Crippen LogP contribution in [0.15, 0.2) is 51.7 Å². The lowest BCUT2D eigenvalue weighted by Crippen LogP contribution is -2.12. The van der Waals surface area contributed by atoms with Crippen LogP contribution in [0.25, 0.3) is 11.0 Å². The van der Waals surface area contributed by atoms with E-state index in [1.54, 1.807) is 31.4 Å². The van der Waals surface area contributed by atoms with Gasteiger partial charge in [0.1, 0.15) is 17.1 Å². The summed E-state index contributed by atoms with van der Waals surface area (Å²) in [5.41, 5.74) is 2.33. The van der Waals surface area contributed by atoms with Crippen molar-refractivity contribution in [1.29, 1.82) is 0 Å². The molecule has 0 aliphatic heterocycles. The number of ketones is 1. The fourth-order valence-corrected chi connectivity index (χ4v) is 3.06. The molecule has 0 saturated carbocycles. The minimum atomic E-state index is -0.376. The predicted octanol–water partition coefficient (Wildman–Crippen LogP) is 4.32. The third-order valence-corrected chi connectivity index (χ3v) is 4.47. The van der Waals surface area contributed by atoms with Crippen molar-refractivity contribution in [3.05, 3.63) is 69.6 Å². The van der Waals surface area contributed by atoms with Crippen LogP contribution in [-0.2, 0) is 6.42 Å². The average Bonchev–Trinajstić information content (AvgIpc) is 2.68. The maximum Gasteiger partial charge on any atom is 0.336 e. The van der Waals surface area contributed by atoms with Crippen LogP contribution in [0.2, 0.25) is 0 Å². The minimum absolute atomic E-state index is 0.113. The van der Waals surface area contributed by atoms with Crippen LogP contribution < -0.4 is 15.1 Å². The highest BCUT2D eigenvalue weighted by molar-refractivity contribution is 5.97. The Labute approximate surface area is 157 Å². The minimum Gasteiger partial charge on any atom is -0.497 e. The molecule has 0 N–H and O–H groups in total. The largest absolute Gasteiger partial charge is 0.497 e. The summed E-state index contributed by atoms with van der Waals surface area (Å²) >= 11 is 0. The van der Waals surface area contributed by atoms with Gasteiger partial charge in [-0.1, -0.05) is 25.5 Å². The molecule has 3 rings (SSSR count). The first-order valence-corrected chi connectivity index (χ1v) is 8.90. The molecule has 2 aromatic carbocycles. The van der Waals surface area contributed by atoms with E-state index in [0.717, 1.165) is 23.8 Å². The van der Waals surface area contributed by atoms with Crippen LogP contribution in [0.5, 0.6) is 11.5 Å². The molecule has 0 amide bonds. The van der Waals surface area contributed by atoms with E-state index in [4.69, 9.17) is 13.9 Å². The molecular formula is C22H22O5. The van der Waals surface area contributed by atoms with E-state index in [9.17, 15) is 9.59 Å². The van der Waals surface area contributed by atoms with Gasteiger partial charge < -0.3 is 13.9 Å². The Morgan fingerprint density at radius 3 is 2.70 bits per heavy atom. The number of Topliss-reactive ketones (excluding diaryl/α,β-unsaturated/α-hetero) is 1. The van der Waals surface area contributed by atoms with E-state index in [-0.39, 0.29) is 18.0 Å². The van der Waals surface area contributed by atoms with Crippen LogP contribution in [0.1, 0.15) is 34.8 Å². The summed E-state index contributed by atoms with van der Waals surface area (Å²) in [6.07, 6.45) is 1.74. The normalized spacial score (nSPS) is 10.8. The van der Waals surface area contributed by atoms with Crippen molar-refractivity contribution >= 4 is 16.8 Å². The molecule has 140 valence electrons. The lowest BCUT2D eigenvalue weighted by atomic mass is 10.0. The standard InChI is InChI=1S/C22H22O5/c1-4-6-15-12-21(24)27-22-14(2)20(10-9-18(15)22)26-13-19(23)16-7-5-8-17(11-16)25-3/h5,7-12H,4,6,13H2,1-3H3. The van der Waals surface area contributed by atoms with E-state index in [0.29, 0.717) is 28.2 Å². The molecule has 3 aromatic rings. The van der Waals surface area contributed by atoms with Crippen LogP contribution in [0, 0.1) is 6.92 Å². The second kappa shape index (κ2) is 8.08. The van der Waals surface area contributed by atoms with Crippen molar-refractivity contribution in [2.45, 2.75) is 26.7 Å². The monoisotopic (exact) mass is 366 g/mol. The van der Waals surface area contributed by atoms with Gasteiger partial charge in [-0.05, 0) is 43.2 Å². The summed E-state index contributed by atoms with van der Waals surface area (Å²) in [6.45, 7) is 3.78. The summed E-state index contributed by atoms with van der Waals surface area (Å²) in [6, 6.07) is 12.2. The number of methoxy groups -OCH3 is 1. The number of ether oxygens (including phenoxy) is 2. The molecule has 0 unspecified atom stereocenters. The highest BCUT2D eigenvalue weighted by Gasteiger charge is 2.14. The molecular weight excluding hydrogens is 344 g/mol. The molecule has 5 heteroatoms. The fourth-order valence-electron chi connectivity index (χ4n) is 3.06. The third kappa shape index (κ3) is 4.03. The Morgan fingerprint density at radius 1 is 1.15 bits per heavy atom. The number of hydrogen-bond acceptors (Lipinski definition) is 5. The second-order valence-electron chi connectivity index (χ2n) is 6.35. The highest BCUT2D eigenvalue weighted by Crippen LogP contribution is 2.29. The molecule has 1 aromatic heterocycles. The molecule has 0 aliphatic rings. The molecule has 5 nitrogen and oxygen atoms in total. The molecule has 1 heterocycles. The first kappa shape index (κ1) is 18.7. The van der Waals surface area contributed by atoms with E-state index in [1.165, 1.54) is 6.07 Å². The zero-order valence-corrected chi connectivity index (χ0v) is 15.7. The lowest BCUT2D eigenvalue weighted by Gasteiger charge is -2.12. The van der Waals surface area contributed by atoms with Crippen molar-refractivity contribution in [3.63, 3.8) is 0 Å². The Bertz CT molecular complexity index is 1030. The topological polar surface area (TPSA) is 65.7 Å². The second-order valence-corrected chi connectivity index (χ2v) is 6.35. The zero-order chi connectivity index (χ0) is 19.4. The fraction of sp³-hybridized carbons (Fsp3) is 0.273. The van der Waals surface area contributed by atoms with Crippen molar-refractivity contribution in [1.82, 2.24) is 0 Å². The molecule has 0 atom stereocenters. The first-order valence-electron chi connectivity index (χ1n) is 8.90. The summed E-state index contributed by atoms with van der Waals surface area (Å²) in [5, 5.41) is 0.903. The molecule has 0 saturated heterocycles. The van der Waals surface area contributed by atoms with E-state index in [1.807, 2.05) is 19.1 Å². The quantitative estimate of drug-likeness (QED) is 0.460. The van der Waals surface area contributed by atoms with Crippen molar-refractivity contribution in [2.24, 2.45) is 0 Å². The van der Waals surface area contributed by atoms with E-state index >= 15 is 0 Å². The predicted molar refractivity (Wildman–Crippen MR) is 104 cm³/mol. The maximum absolute atomic E-state index is 12.4. The number of hydrogen-bond donors (Lipinski definition) is 0. The molecule has 0 bridgehead atoms. The van der Waals surface area contributed by atoms with Crippen molar-refractivity contribution < 1.29 is 18.7 Å². The highest BCUT2D eigenvalue weighted by atomic mass is 16.5. The van der Waals surface area contributed by atoms with Gasteiger partial charge in [0.25, 0.3) is 0 Å². The van der Waals surface area contributed by atoms with Gasteiger partial charge >= 0.3 is 5.63 Å². The van der Waals surface area contributed by atoms with Gasteiger partial charge in [0.15, 0.2) is 12.4 Å². The molecule has 0 spiro atoms. The molecule has 27 heavy (non-hydrogen) atoms. The average molecular weight is 366 g/mol. The van der Waals surface area contributed by atoms with Crippen LogP contribution >= 0.6 is 0 Å². The van der Waals surface area contributed by atoms with Gasteiger partial charge in [-0.2, -0.15) is 0 Å². The number of carbonyl (C=O) groups excluding carboxylic acids is 1. The molecule has 0 aliphatic carbocycles. The van der Waals surface area contributed by atoms with Gasteiger partial charge in [-0.25, -0.2) is 4.79 Å². The van der Waals surface area contributed by atoms with Gasteiger partial charge in [-0.15, -0.1) is 0 Å². The van der Waals surface area contributed by atoms with Crippen LogP contribution in [-0.4, -0.2) is 19.5 Å². The maximum atomic E-state index is 12.4. The van der Waals surface area contributed by atoms with Crippen molar-refractivity contribution in [2.75, 3.05) is 13.7 Å². The number of fused-ring (bicyclic) bond motifs is 1. The van der Waals surface area contributed by atoms with Gasteiger partial charge in [0.05, 0.1) is 7.11 Å². The van der Waals surface area contributed by atoms with Gasteiger partial charge in [-0.3, -0.25) is 4.79 Å². The molecule has 0 fully saturated rings. The molecule has 0 radical (unpaired) electrons. The van der Waals surface area contributed by atoms with Gasteiger partial charge in [0, 0.05) is 22.6 Å². The van der Waals surface area contributed by atoms with Crippen molar-refractivity contribution in [3.8, 4) is 11.5 Å². The Hall–Kier alpha value is -3.08. The number of aryl methyl sites for hydroxylation is 2. The number of benzene rings is 2. The number of rotatable bonds is 7. The summed E-state index contributed by atoms with van der Waals surface area (Å²) < 4.78 is 16.3. The van der Waals surface area contributed by atoms with Crippen LogP contribution in [0.3, 0.4) is 0 Å². The Kier molecular flexibility index (Phi) is 5.60. The van der Waals surface area contributed by atoms with E-state index < -0.39 is 0 Å². The SMILES string of the molecule is CCCc1cc(=O)oc2c(C)c(OCC(=O)c3cccc(OC)c3)ccc12. The summed E-state index contributed by atoms with van der Waals surface area (Å²) in [5.74, 6) is 0.984. The number of carbonyl (C=O) groups is 1. The third-order valence-electron chi connectivity index (χ3n) is 4.47. The Balaban J connectivity index is 1.86.